The Kier molecular flexibility index (Phi) is 3.52. The molecule has 0 atom stereocenters. The van der Waals surface area contributed by atoms with Crippen LogP contribution in [0, 0.1) is 0 Å². The van der Waals surface area contributed by atoms with Crippen molar-refractivity contribution in [3.05, 3.63) is 30.5 Å². The van der Waals surface area contributed by atoms with Gasteiger partial charge in [0.1, 0.15) is 6.01 Å². The van der Waals surface area contributed by atoms with Crippen molar-refractivity contribution in [1.82, 2.24) is 3.97 Å². The maximum Gasteiger partial charge on any atom is 0.517 e. The number of thioether (sulfide) groups is 1. The minimum Gasteiger partial charge on any atom is -0.239 e. The predicted molar refractivity (Wildman–Crippen MR) is 64.1 cm³/mol. The maximum atomic E-state index is 12.6. The van der Waals surface area contributed by atoms with Crippen molar-refractivity contribution in [1.29, 1.82) is 0 Å². The molecule has 0 radical (unpaired) electrons. The van der Waals surface area contributed by atoms with Crippen LogP contribution < -0.4 is 0 Å². The first-order chi connectivity index (χ1) is 8.79. The van der Waals surface area contributed by atoms with Gasteiger partial charge in [-0.05, 0) is 6.07 Å². The van der Waals surface area contributed by atoms with Gasteiger partial charge in [-0.1, -0.05) is 30.0 Å². The van der Waals surface area contributed by atoms with Gasteiger partial charge in [0, 0.05) is 16.5 Å². The van der Waals surface area contributed by atoms with E-state index in [1.165, 1.54) is 24.3 Å². The lowest BCUT2D eigenvalue weighted by Gasteiger charge is -2.09. The number of alkyl halides is 4. The molecule has 2 aromatic rings. The molecule has 104 valence electrons. The average molecular weight is 313 g/mol. The summed E-state index contributed by atoms with van der Waals surface area (Å²) in [5.41, 5.74) is -5.54. The van der Waals surface area contributed by atoms with E-state index in [9.17, 15) is 26.0 Å². The second-order valence-corrected chi connectivity index (χ2v) is 6.26. The number of rotatable bonds is 3. The summed E-state index contributed by atoms with van der Waals surface area (Å²) >= 11 is 0.633. The van der Waals surface area contributed by atoms with Gasteiger partial charge >= 0.3 is 15.5 Å². The Morgan fingerprint density at radius 1 is 1.21 bits per heavy atom. The monoisotopic (exact) mass is 313 g/mol. The van der Waals surface area contributed by atoms with Crippen molar-refractivity contribution in [3.63, 3.8) is 0 Å². The number of para-hydroxylation sites is 1. The zero-order valence-electron chi connectivity index (χ0n) is 9.19. The highest BCUT2D eigenvalue weighted by Gasteiger charge is 2.48. The molecule has 9 heteroatoms. The highest BCUT2D eigenvalue weighted by atomic mass is 32.2. The van der Waals surface area contributed by atoms with E-state index in [-0.39, 0.29) is 19.8 Å². The zero-order chi connectivity index (χ0) is 14.3. The minimum absolute atomic E-state index is 0.129. The van der Waals surface area contributed by atoms with Crippen molar-refractivity contribution in [3.8, 4) is 0 Å². The molecule has 0 aliphatic carbocycles. The molecule has 0 aliphatic rings. The molecule has 1 aromatic carbocycles. The van der Waals surface area contributed by atoms with E-state index < -0.39 is 21.5 Å². The highest BCUT2D eigenvalue weighted by Crippen LogP contribution is 2.34. The van der Waals surface area contributed by atoms with Crippen LogP contribution in [0.25, 0.3) is 10.9 Å². The Hall–Kier alpha value is -1.22. The molecule has 0 fully saturated rings. The number of hydrogen-bond acceptors (Lipinski definition) is 3. The maximum absolute atomic E-state index is 12.6. The van der Waals surface area contributed by atoms with Gasteiger partial charge in [-0.2, -0.15) is 21.6 Å². The number of nitrogens with zero attached hydrogens (tertiary/aromatic N) is 1. The van der Waals surface area contributed by atoms with Crippen molar-refractivity contribution in [2.75, 3.05) is 6.01 Å². The lowest BCUT2D eigenvalue weighted by atomic mass is 10.2. The van der Waals surface area contributed by atoms with E-state index in [0.717, 1.165) is 6.20 Å². The molecule has 0 saturated heterocycles. The van der Waals surface area contributed by atoms with Crippen LogP contribution in [0.15, 0.2) is 35.4 Å². The van der Waals surface area contributed by atoms with E-state index in [0.29, 0.717) is 11.8 Å². The molecule has 2 rings (SSSR count). The lowest BCUT2D eigenvalue weighted by Crippen LogP contribution is -2.29. The Morgan fingerprint density at radius 3 is 2.42 bits per heavy atom. The first kappa shape index (κ1) is 14.2. The average Bonchev–Trinajstić information content (AvgIpc) is 2.68. The predicted octanol–water partition coefficient (Wildman–Crippen LogP) is 3.36. The summed E-state index contributed by atoms with van der Waals surface area (Å²) in [5.74, 6) is 0. The van der Waals surface area contributed by atoms with Gasteiger partial charge < -0.3 is 0 Å². The van der Waals surface area contributed by atoms with Gasteiger partial charge in [0.25, 0.3) is 0 Å². The van der Waals surface area contributed by atoms with Gasteiger partial charge in [0.05, 0.1) is 5.52 Å². The van der Waals surface area contributed by atoms with Crippen LogP contribution in [0.1, 0.15) is 0 Å². The van der Waals surface area contributed by atoms with Crippen LogP contribution in [-0.4, -0.2) is 23.9 Å². The third kappa shape index (κ3) is 2.32. The molecule has 19 heavy (non-hydrogen) atoms. The van der Waals surface area contributed by atoms with Crippen LogP contribution in [0.4, 0.5) is 17.6 Å². The normalized spacial score (nSPS) is 13.1. The molecule has 0 amide bonds. The van der Waals surface area contributed by atoms with Gasteiger partial charge in [-0.3, -0.25) is 0 Å². The first-order valence-corrected chi connectivity index (χ1v) is 7.32. The van der Waals surface area contributed by atoms with Crippen LogP contribution in [0.3, 0.4) is 0 Å². The van der Waals surface area contributed by atoms with Crippen molar-refractivity contribution in [2.24, 2.45) is 0 Å². The molecule has 1 heterocycles. The summed E-state index contributed by atoms with van der Waals surface area (Å²) in [7, 11) is -5.52. The Labute approximate surface area is 110 Å². The Balaban J connectivity index is 2.76. The second kappa shape index (κ2) is 4.71. The van der Waals surface area contributed by atoms with Gasteiger partial charge in [-0.25, -0.2) is 8.36 Å². The van der Waals surface area contributed by atoms with Gasteiger partial charge in [-0.15, -0.1) is 0 Å². The summed E-state index contributed by atoms with van der Waals surface area (Å²) in [4.78, 5) is 0.144. The van der Waals surface area contributed by atoms with Gasteiger partial charge in [0.15, 0.2) is 0 Å². The topological polar surface area (TPSA) is 39.1 Å². The van der Waals surface area contributed by atoms with E-state index in [4.69, 9.17) is 0 Å². The number of hydrogen-bond donors (Lipinski definition) is 0. The summed E-state index contributed by atoms with van der Waals surface area (Å²) in [6, 6.07) is 4.76. The van der Waals surface area contributed by atoms with Gasteiger partial charge in [0.2, 0.25) is 0 Å². The summed E-state index contributed by atoms with van der Waals surface area (Å²) < 4.78 is 73.0. The number of aromatic nitrogens is 1. The lowest BCUT2D eigenvalue weighted by molar-refractivity contribution is -0.0445. The fourth-order valence-corrected chi connectivity index (χ4v) is 3.18. The molecule has 3 nitrogen and oxygen atoms in total. The second-order valence-electron chi connectivity index (χ2n) is 3.51. The third-order valence-corrected chi connectivity index (χ3v) is 4.55. The fourth-order valence-electron chi connectivity index (χ4n) is 1.60. The van der Waals surface area contributed by atoms with E-state index >= 15 is 0 Å². The first-order valence-electron chi connectivity index (χ1n) is 4.89. The van der Waals surface area contributed by atoms with E-state index in [2.05, 4.69) is 0 Å². The van der Waals surface area contributed by atoms with Crippen LogP contribution in [0.2, 0.25) is 0 Å². The Bertz CT molecular complexity index is 706. The zero-order valence-corrected chi connectivity index (χ0v) is 10.8. The molecular weight excluding hydrogens is 306 g/mol. The highest BCUT2D eigenvalue weighted by molar-refractivity contribution is 7.99. The quantitative estimate of drug-likeness (QED) is 0.644. The molecule has 0 saturated carbocycles. The van der Waals surface area contributed by atoms with Crippen LogP contribution >= 0.6 is 11.8 Å². The van der Waals surface area contributed by atoms with Crippen LogP contribution in [-0.2, 0) is 10.0 Å². The van der Waals surface area contributed by atoms with Crippen molar-refractivity contribution < 1.29 is 26.0 Å². The largest absolute Gasteiger partial charge is 0.517 e. The fraction of sp³-hybridized carbons (Fsp3) is 0.200. The summed E-state index contributed by atoms with van der Waals surface area (Å²) in [6.45, 7) is 0. The SMILES string of the molecule is O=S(=O)(n1cc(SCF)c2ccccc21)C(F)(F)F. The molecule has 0 bridgehead atoms. The molecule has 0 spiro atoms. The molecule has 0 aliphatic heterocycles. The Morgan fingerprint density at radius 2 is 1.84 bits per heavy atom. The molecule has 0 unspecified atom stereocenters. The smallest absolute Gasteiger partial charge is 0.239 e. The van der Waals surface area contributed by atoms with Crippen molar-refractivity contribution in [2.45, 2.75) is 10.4 Å². The number of halogens is 4. The number of benzene rings is 1. The van der Waals surface area contributed by atoms with Crippen LogP contribution in [0.5, 0.6) is 0 Å². The molecule has 0 N–H and O–H groups in total. The number of fused-ring (bicyclic) bond motifs is 1. The minimum atomic E-state index is -5.52. The van der Waals surface area contributed by atoms with E-state index in [1.54, 1.807) is 0 Å². The van der Waals surface area contributed by atoms with E-state index in [1.807, 2.05) is 0 Å². The molecule has 1 aromatic heterocycles. The molecular formula is C10H7F4NO2S2. The van der Waals surface area contributed by atoms with Crippen molar-refractivity contribution >= 4 is 32.7 Å². The third-order valence-electron chi connectivity index (χ3n) is 2.40. The standard InChI is InChI=1S/C10H7F4NO2S2/c11-6-18-9-5-15(19(16,17)10(12,13)14)8-4-2-1-3-7(8)9/h1-5H,6H2. The summed E-state index contributed by atoms with van der Waals surface area (Å²) in [6.07, 6.45) is 0.789. The summed E-state index contributed by atoms with van der Waals surface area (Å²) in [5, 5.41) is 0.262.